The lowest BCUT2D eigenvalue weighted by atomic mass is 9.70. The Balaban J connectivity index is 2.13. The summed E-state index contributed by atoms with van der Waals surface area (Å²) in [5.74, 6) is 0.607. The van der Waals surface area contributed by atoms with Crippen LogP contribution in [0.1, 0.15) is 47.0 Å². The van der Waals surface area contributed by atoms with Crippen LogP contribution in [0.4, 0.5) is 0 Å². The SMILES string of the molecule is CC(Br)C(=O)OC1CC2CCC1(C)C2(C)C. The number of ether oxygens (including phenoxy) is 1. The molecule has 2 rings (SSSR count). The Bertz CT molecular complexity index is 311. The maximum atomic E-state index is 11.7. The molecule has 4 atom stereocenters. The van der Waals surface area contributed by atoms with Crippen LogP contribution in [0, 0.1) is 16.7 Å². The molecule has 2 aliphatic carbocycles. The van der Waals surface area contributed by atoms with Crippen molar-refractivity contribution in [2.45, 2.75) is 57.9 Å². The van der Waals surface area contributed by atoms with E-state index in [4.69, 9.17) is 4.74 Å². The van der Waals surface area contributed by atoms with Crippen LogP contribution in [0.5, 0.6) is 0 Å². The third-order valence-electron chi connectivity index (χ3n) is 5.30. The van der Waals surface area contributed by atoms with Crippen molar-refractivity contribution in [3.05, 3.63) is 0 Å². The average Bonchev–Trinajstić information content (AvgIpc) is 2.50. The van der Waals surface area contributed by atoms with Gasteiger partial charge in [0.15, 0.2) is 0 Å². The molecule has 2 saturated carbocycles. The molecule has 16 heavy (non-hydrogen) atoms. The van der Waals surface area contributed by atoms with Gasteiger partial charge in [-0.3, -0.25) is 4.79 Å². The number of halogens is 1. The van der Waals surface area contributed by atoms with Gasteiger partial charge in [0.25, 0.3) is 0 Å². The fraction of sp³-hybridized carbons (Fsp3) is 0.923. The van der Waals surface area contributed by atoms with Crippen LogP contribution in [0.2, 0.25) is 0 Å². The predicted octanol–water partition coefficient (Wildman–Crippen LogP) is 3.53. The normalized spacial score (nSPS) is 42.1. The number of fused-ring (bicyclic) bond motifs is 2. The Labute approximate surface area is 106 Å². The van der Waals surface area contributed by atoms with Crippen LogP contribution in [0.3, 0.4) is 0 Å². The van der Waals surface area contributed by atoms with Crippen molar-refractivity contribution in [1.29, 1.82) is 0 Å². The zero-order valence-electron chi connectivity index (χ0n) is 10.5. The van der Waals surface area contributed by atoms with Crippen molar-refractivity contribution in [2.75, 3.05) is 0 Å². The largest absolute Gasteiger partial charge is 0.461 e. The third kappa shape index (κ3) is 1.54. The minimum absolute atomic E-state index is 0.116. The Morgan fingerprint density at radius 2 is 2.06 bits per heavy atom. The third-order valence-corrected chi connectivity index (χ3v) is 5.67. The van der Waals surface area contributed by atoms with E-state index in [9.17, 15) is 4.79 Å². The zero-order chi connectivity index (χ0) is 12.1. The van der Waals surface area contributed by atoms with Crippen LogP contribution < -0.4 is 0 Å². The van der Waals surface area contributed by atoms with Gasteiger partial charge in [-0.15, -0.1) is 0 Å². The van der Waals surface area contributed by atoms with Crippen LogP contribution in [-0.4, -0.2) is 16.9 Å². The highest BCUT2D eigenvalue weighted by molar-refractivity contribution is 9.10. The van der Waals surface area contributed by atoms with E-state index in [0.717, 1.165) is 12.3 Å². The molecular weight excluding hydrogens is 268 g/mol. The van der Waals surface area contributed by atoms with E-state index < -0.39 is 0 Å². The second-order valence-corrected chi connectivity index (χ2v) is 7.53. The van der Waals surface area contributed by atoms with Gasteiger partial charge in [0, 0.05) is 5.41 Å². The van der Waals surface area contributed by atoms with E-state index >= 15 is 0 Å². The van der Waals surface area contributed by atoms with Crippen LogP contribution in [0.15, 0.2) is 0 Å². The molecule has 0 spiro atoms. The van der Waals surface area contributed by atoms with Gasteiger partial charge in [0.2, 0.25) is 0 Å². The summed E-state index contributed by atoms with van der Waals surface area (Å²) in [6.45, 7) is 8.77. The van der Waals surface area contributed by atoms with E-state index in [2.05, 4.69) is 36.7 Å². The van der Waals surface area contributed by atoms with E-state index in [0.29, 0.717) is 5.41 Å². The molecule has 0 aromatic carbocycles. The lowest BCUT2D eigenvalue weighted by molar-refractivity contribution is -0.155. The summed E-state index contributed by atoms with van der Waals surface area (Å²) in [6.07, 6.45) is 3.66. The fourth-order valence-corrected chi connectivity index (χ4v) is 3.65. The van der Waals surface area contributed by atoms with Gasteiger partial charge in [-0.25, -0.2) is 0 Å². The van der Waals surface area contributed by atoms with Crippen LogP contribution in [-0.2, 0) is 9.53 Å². The maximum absolute atomic E-state index is 11.7. The molecule has 0 saturated heterocycles. The van der Waals surface area contributed by atoms with Crippen molar-refractivity contribution in [3.8, 4) is 0 Å². The second kappa shape index (κ2) is 3.72. The number of alkyl halides is 1. The van der Waals surface area contributed by atoms with Gasteiger partial charge in [0.1, 0.15) is 10.9 Å². The molecule has 0 aliphatic heterocycles. The van der Waals surface area contributed by atoms with Gasteiger partial charge in [0.05, 0.1) is 0 Å². The number of carbonyl (C=O) groups excluding carboxylic acids is 1. The molecule has 0 heterocycles. The first kappa shape index (κ1) is 12.4. The van der Waals surface area contributed by atoms with E-state index in [1.54, 1.807) is 0 Å². The van der Waals surface area contributed by atoms with Crippen LogP contribution >= 0.6 is 15.9 Å². The molecule has 0 N–H and O–H groups in total. The first-order valence-corrected chi connectivity index (χ1v) is 7.05. The molecule has 2 fully saturated rings. The summed E-state index contributed by atoms with van der Waals surface area (Å²) in [5.41, 5.74) is 0.489. The van der Waals surface area contributed by atoms with Crippen molar-refractivity contribution in [1.82, 2.24) is 0 Å². The van der Waals surface area contributed by atoms with Gasteiger partial charge >= 0.3 is 5.97 Å². The fourth-order valence-electron chi connectivity index (χ4n) is 3.54. The molecule has 4 unspecified atom stereocenters. The Morgan fingerprint density at radius 1 is 1.44 bits per heavy atom. The lowest BCUT2D eigenvalue weighted by Crippen LogP contribution is -2.39. The van der Waals surface area contributed by atoms with E-state index in [1.807, 2.05) is 6.92 Å². The molecule has 0 aromatic heterocycles. The lowest BCUT2D eigenvalue weighted by Gasteiger charge is -2.38. The van der Waals surface area contributed by atoms with Gasteiger partial charge < -0.3 is 4.74 Å². The topological polar surface area (TPSA) is 26.3 Å². The predicted molar refractivity (Wildman–Crippen MR) is 67.5 cm³/mol. The van der Waals surface area contributed by atoms with E-state index in [1.165, 1.54) is 12.8 Å². The number of carbonyl (C=O) groups is 1. The first-order valence-electron chi connectivity index (χ1n) is 6.13. The maximum Gasteiger partial charge on any atom is 0.319 e. The van der Waals surface area contributed by atoms with Crippen molar-refractivity contribution in [2.24, 2.45) is 16.7 Å². The Kier molecular flexibility index (Phi) is 2.89. The Hall–Kier alpha value is -0.0500. The molecule has 92 valence electrons. The highest BCUT2D eigenvalue weighted by atomic mass is 79.9. The quantitative estimate of drug-likeness (QED) is 0.574. The number of hydrogen-bond donors (Lipinski definition) is 0. The first-order chi connectivity index (χ1) is 7.29. The Morgan fingerprint density at radius 3 is 2.44 bits per heavy atom. The van der Waals surface area contributed by atoms with E-state index in [-0.39, 0.29) is 22.3 Å². The average molecular weight is 289 g/mol. The molecule has 0 amide bonds. The highest BCUT2D eigenvalue weighted by Gasteiger charge is 2.62. The number of esters is 1. The van der Waals surface area contributed by atoms with Crippen molar-refractivity contribution < 1.29 is 9.53 Å². The van der Waals surface area contributed by atoms with Crippen molar-refractivity contribution >= 4 is 21.9 Å². The summed E-state index contributed by atoms with van der Waals surface area (Å²) in [4.78, 5) is 11.5. The summed E-state index contributed by atoms with van der Waals surface area (Å²) in [5, 5.41) is 0. The molecular formula is C13H21BrO2. The second-order valence-electron chi connectivity index (χ2n) is 6.15. The molecule has 2 bridgehead atoms. The molecule has 0 aromatic rings. The summed E-state index contributed by atoms with van der Waals surface area (Å²) < 4.78 is 5.66. The summed E-state index contributed by atoms with van der Waals surface area (Å²) >= 11 is 3.27. The minimum Gasteiger partial charge on any atom is -0.461 e. The van der Waals surface area contributed by atoms with Gasteiger partial charge in [-0.2, -0.15) is 0 Å². The smallest absolute Gasteiger partial charge is 0.319 e. The standard InChI is InChI=1S/C13H21BrO2/c1-8(14)11(15)16-10-7-9-5-6-13(10,4)12(9,2)3/h8-10H,5-7H2,1-4H3. The number of rotatable bonds is 2. The molecule has 3 heteroatoms. The minimum atomic E-state index is -0.196. The van der Waals surface area contributed by atoms with Crippen LogP contribution in [0.25, 0.3) is 0 Å². The highest BCUT2D eigenvalue weighted by Crippen LogP contribution is 2.66. The molecule has 2 aliphatic rings. The summed E-state index contributed by atoms with van der Waals surface area (Å²) in [6, 6.07) is 0. The van der Waals surface area contributed by atoms with Gasteiger partial charge in [-0.1, -0.05) is 36.7 Å². The zero-order valence-corrected chi connectivity index (χ0v) is 12.1. The molecule has 0 radical (unpaired) electrons. The van der Waals surface area contributed by atoms with Crippen molar-refractivity contribution in [3.63, 3.8) is 0 Å². The monoisotopic (exact) mass is 288 g/mol. The van der Waals surface area contributed by atoms with Gasteiger partial charge in [-0.05, 0) is 37.5 Å². The summed E-state index contributed by atoms with van der Waals surface area (Å²) in [7, 11) is 0. The number of hydrogen-bond acceptors (Lipinski definition) is 2. The molecule has 2 nitrogen and oxygen atoms in total.